The molecule has 0 fully saturated rings. The summed E-state index contributed by atoms with van der Waals surface area (Å²) in [6.45, 7) is 8.61. The van der Waals surface area contributed by atoms with E-state index in [1.165, 1.54) is 5.57 Å². The molecule has 0 aromatic heterocycles. The van der Waals surface area contributed by atoms with Crippen molar-refractivity contribution >= 4 is 8.07 Å². The topological polar surface area (TPSA) is 23.1 Å². The van der Waals surface area contributed by atoms with Crippen molar-refractivity contribution in [2.24, 2.45) is 0 Å². The first-order valence-corrected chi connectivity index (χ1v) is 8.36. The van der Waals surface area contributed by atoms with Crippen LogP contribution in [0.15, 0.2) is 35.1 Å². The maximum absolute atomic E-state index is 11.2. The third kappa shape index (κ3) is 2.88. The lowest BCUT2D eigenvalue weighted by atomic mass is 10.1. The zero-order chi connectivity index (χ0) is 10.1. The summed E-state index contributed by atoms with van der Waals surface area (Å²) in [4.78, 5) is 0. The molecular weight excluding hydrogens is 176 g/mol. The first-order valence-electron chi connectivity index (χ1n) is 4.66. The van der Waals surface area contributed by atoms with Gasteiger partial charge in [-0.15, -0.1) is 5.76 Å². The van der Waals surface area contributed by atoms with Crippen LogP contribution in [0.25, 0.3) is 0 Å². The fourth-order valence-electron chi connectivity index (χ4n) is 1.53. The normalized spacial score (nSPS) is 20.5. The summed E-state index contributed by atoms with van der Waals surface area (Å²) in [6, 6.07) is 1.11. The Kier molecular flexibility index (Phi) is 2.81. The smallest absolute Gasteiger partial charge is 0.0487 e. The van der Waals surface area contributed by atoms with Crippen LogP contribution < -0.4 is 5.11 Å². The molecule has 0 radical (unpaired) electrons. The fraction of sp³-hybridized carbons (Fsp3) is 0.455. The number of hydrogen-bond donors (Lipinski definition) is 0. The average Bonchev–Trinajstić information content (AvgIpc) is 2.31. The highest BCUT2D eigenvalue weighted by Gasteiger charge is 2.18. The molecule has 72 valence electrons. The van der Waals surface area contributed by atoms with Crippen molar-refractivity contribution in [2.75, 3.05) is 0 Å². The van der Waals surface area contributed by atoms with Crippen molar-refractivity contribution in [1.82, 2.24) is 0 Å². The minimum absolute atomic E-state index is 0.193. The van der Waals surface area contributed by atoms with Crippen molar-refractivity contribution in [2.45, 2.75) is 32.6 Å². The van der Waals surface area contributed by atoms with E-state index >= 15 is 0 Å². The Bertz CT molecular complexity index is 286. The summed E-state index contributed by atoms with van der Waals surface area (Å²) in [5, 5.41) is 11.2. The molecule has 0 aliphatic heterocycles. The molecule has 0 unspecified atom stereocenters. The molecule has 1 nitrogen and oxygen atoms in total. The van der Waals surface area contributed by atoms with Crippen LogP contribution in [0.1, 0.15) is 6.92 Å². The van der Waals surface area contributed by atoms with Gasteiger partial charge in [-0.2, -0.15) is 0 Å². The van der Waals surface area contributed by atoms with Gasteiger partial charge in [0.1, 0.15) is 0 Å². The zero-order valence-corrected chi connectivity index (χ0v) is 9.85. The van der Waals surface area contributed by atoms with Crippen LogP contribution in [0.3, 0.4) is 0 Å². The van der Waals surface area contributed by atoms with Crippen molar-refractivity contribution < 1.29 is 5.11 Å². The lowest BCUT2D eigenvalue weighted by Gasteiger charge is -2.20. The van der Waals surface area contributed by atoms with Gasteiger partial charge in [-0.25, -0.2) is 0 Å². The van der Waals surface area contributed by atoms with Gasteiger partial charge in [0.15, 0.2) is 0 Å². The minimum atomic E-state index is -1.09. The zero-order valence-electron chi connectivity index (χ0n) is 8.85. The summed E-state index contributed by atoms with van der Waals surface area (Å²) in [7, 11) is -1.09. The molecule has 1 aliphatic rings. The third-order valence-corrected chi connectivity index (χ3v) is 3.45. The van der Waals surface area contributed by atoms with Crippen LogP contribution in [-0.4, -0.2) is 8.07 Å². The lowest BCUT2D eigenvalue weighted by molar-refractivity contribution is -0.302. The van der Waals surface area contributed by atoms with Gasteiger partial charge in [0.25, 0.3) is 0 Å². The molecule has 0 heterocycles. The van der Waals surface area contributed by atoms with Gasteiger partial charge in [-0.1, -0.05) is 44.8 Å². The van der Waals surface area contributed by atoms with E-state index in [4.69, 9.17) is 0 Å². The van der Waals surface area contributed by atoms with Crippen LogP contribution in [-0.2, 0) is 0 Å². The second-order valence-electron chi connectivity index (χ2n) is 4.76. The molecule has 2 heteroatoms. The van der Waals surface area contributed by atoms with Gasteiger partial charge >= 0.3 is 0 Å². The molecule has 0 aromatic carbocycles. The molecule has 0 amide bonds. The molecule has 0 spiro atoms. The van der Waals surface area contributed by atoms with E-state index < -0.39 is 8.07 Å². The molecule has 13 heavy (non-hydrogen) atoms. The molecule has 0 saturated heterocycles. The summed E-state index contributed by atoms with van der Waals surface area (Å²) >= 11 is 0. The Morgan fingerprint density at radius 1 is 1.38 bits per heavy atom. The van der Waals surface area contributed by atoms with Crippen LogP contribution in [0.5, 0.6) is 0 Å². The summed E-state index contributed by atoms with van der Waals surface area (Å²) < 4.78 is 0. The van der Waals surface area contributed by atoms with Crippen molar-refractivity contribution in [3.63, 3.8) is 0 Å². The lowest BCUT2D eigenvalue weighted by Crippen LogP contribution is -2.20. The Labute approximate surface area is 81.5 Å². The van der Waals surface area contributed by atoms with E-state index in [2.05, 4.69) is 25.7 Å². The Balaban J connectivity index is 2.80. The second kappa shape index (κ2) is 3.54. The molecule has 0 aromatic rings. The Morgan fingerprint density at radius 2 is 2.00 bits per heavy atom. The van der Waals surface area contributed by atoms with Gasteiger partial charge in [0.2, 0.25) is 0 Å². The quantitative estimate of drug-likeness (QED) is 0.488. The van der Waals surface area contributed by atoms with E-state index in [1.807, 2.05) is 12.2 Å². The van der Waals surface area contributed by atoms with Gasteiger partial charge in [-0.05, 0) is 17.2 Å². The molecule has 0 bridgehead atoms. The van der Waals surface area contributed by atoms with Crippen LogP contribution in [0.4, 0.5) is 0 Å². The molecule has 0 saturated carbocycles. The molecular formula is C11H17OSi-. The fourth-order valence-corrected chi connectivity index (χ4v) is 2.98. The maximum Gasteiger partial charge on any atom is 0.0487 e. The van der Waals surface area contributed by atoms with Crippen molar-refractivity contribution in [3.05, 3.63) is 35.1 Å². The van der Waals surface area contributed by atoms with Crippen molar-refractivity contribution in [1.29, 1.82) is 0 Å². The van der Waals surface area contributed by atoms with Gasteiger partial charge < -0.3 is 5.11 Å². The highest BCUT2D eigenvalue weighted by atomic mass is 28.3. The number of rotatable bonds is 2. The Morgan fingerprint density at radius 3 is 2.46 bits per heavy atom. The molecule has 0 atom stereocenters. The monoisotopic (exact) mass is 193 g/mol. The molecule has 1 aliphatic carbocycles. The average molecular weight is 193 g/mol. The Hall–Kier alpha value is -0.763. The standard InChI is InChI=1S/C11H18OSi/c1-9(12)11-7-5-6-10(11)8-13(2,3)4/h5-7,12H,8H2,1-4H3/p-1. The first-order chi connectivity index (χ1) is 5.90. The second-order valence-corrected chi connectivity index (χ2v) is 10.2. The maximum atomic E-state index is 11.2. The van der Waals surface area contributed by atoms with E-state index in [1.54, 1.807) is 6.92 Å². The van der Waals surface area contributed by atoms with E-state index in [9.17, 15) is 5.11 Å². The van der Waals surface area contributed by atoms with Gasteiger partial charge in [0, 0.05) is 8.07 Å². The van der Waals surface area contributed by atoms with Crippen LogP contribution in [0, 0.1) is 0 Å². The van der Waals surface area contributed by atoms with E-state index in [0.717, 1.165) is 11.6 Å². The predicted octanol–water partition coefficient (Wildman–Crippen LogP) is 2.46. The highest BCUT2D eigenvalue weighted by Crippen LogP contribution is 2.28. The SMILES string of the molecule is CC([O-])=C1C=CC=C1C[Si](C)(C)C. The summed E-state index contributed by atoms with van der Waals surface area (Å²) in [5.74, 6) is 0.193. The van der Waals surface area contributed by atoms with Crippen LogP contribution in [0.2, 0.25) is 25.7 Å². The summed E-state index contributed by atoms with van der Waals surface area (Å²) in [6.07, 6.45) is 5.99. The largest absolute Gasteiger partial charge is 0.875 e. The van der Waals surface area contributed by atoms with Crippen LogP contribution >= 0.6 is 0 Å². The summed E-state index contributed by atoms with van der Waals surface area (Å²) in [5.41, 5.74) is 2.16. The van der Waals surface area contributed by atoms with Crippen molar-refractivity contribution in [3.8, 4) is 0 Å². The molecule has 0 N–H and O–H groups in total. The van der Waals surface area contributed by atoms with E-state index in [-0.39, 0.29) is 5.76 Å². The molecule has 1 rings (SSSR count). The minimum Gasteiger partial charge on any atom is -0.875 e. The van der Waals surface area contributed by atoms with E-state index in [0.29, 0.717) is 0 Å². The predicted molar refractivity (Wildman–Crippen MR) is 58.1 cm³/mol. The van der Waals surface area contributed by atoms with Gasteiger partial charge in [-0.3, -0.25) is 0 Å². The number of allylic oxidation sites excluding steroid dienone is 6. The first kappa shape index (κ1) is 10.3. The number of hydrogen-bond acceptors (Lipinski definition) is 1. The van der Waals surface area contributed by atoms with Gasteiger partial charge in [0.05, 0.1) is 0 Å². The third-order valence-electron chi connectivity index (χ3n) is 2.01. The highest BCUT2D eigenvalue weighted by molar-refractivity contribution is 6.76.